The smallest absolute Gasteiger partial charge is 0.150 e. The highest BCUT2D eigenvalue weighted by Crippen LogP contribution is 2.31. The molecule has 2 rings (SSSR count). The molecule has 86 valence electrons. The summed E-state index contributed by atoms with van der Waals surface area (Å²) in [7, 11) is 2.12. The van der Waals surface area contributed by atoms with E-state index in [1.807, 2.05) is 30.0 Å². The van der Waals surface area contributed by atoms with Gasteiger partial charge in [-0.1, -0.05) is 0 Å². The van der Waals surface area contributed by atoms with E-state index < -0.39 is 0 Å². The van der Waals surface area contributed by atoms with Crippen LogP contribution in [0.25, 0.3) is 0 Å². The molecule has 2 nitrogen and oxygen atoms in total. The highest BCUT2D eigenvalue weighted by molar-refractivity contribution is 9.10. The average molecular weight is 300 g/mol. The van der Waals surface area contributed by atoms with Gasteiger partial charge in [-0.15, -0.1) is 0 Å². The third-order valence-electron chi connectivity index (χ3n) is 2.94. The summed E-state index contributed by atoms with van der Waals surface area (Å²) in [6.07, 6.45) is 2.11. The van der Waals surface area contributed by atoms with Gasteiger partial charge in [0, 0.05) is 28.9 Å². The molecule has 1 saturated heterocycles. The van der Waals surface area contributed by atoms with Crippen LogP contribution in [0.15, 0.2) is 22.7 Å². The molecule has 1 aliphatic heterocycles. The summed E-state index contributed by atoms with van der Waals surface area (Å²) in [4.78, 5) is 13.0. The molecule has 0 N–H and O–H groups in total. The monoisotopic (exact) mass is 299 g/mol. The van der Waals surface area contributed by atoms with Gasteiger partial charge in [-0.05, 0) is 46.3 Å². The van der Waals surface area contributed by atoms with Crippen molar-refractivity contribution in [1.82, 2.24) is 0 Å². The van der Waals surface area contributed by atoms with E-state index in [4.69, 9.17) is 0 Å². The topological polar surface area (TPSA) is 20.3 Å². The Balaban J connectivity index is 2.22. The van der Waals surface area contributed by atoms with Crippen molar-refractivity contribution in [3.8, 4) is 0 Å². The maximum atomic E-state index is 10.7. The highest BCUT2D eigenvalue weighted by Gasteiger charge is 2.21. The molecule has 16 heavy (non-hydrogen) atoms. The standard InChI is InChI=1S/C12H14BrNOS/c1-14(10-4-5-16-8-10)12-3-2-9(7-15)6-11(12)13/h2-3,6-7,10H,4-5,8H2,1H3. The van der Waals surface area contributed by atoms with E-state index in [2.05, 4.69) is 27.9 Å². The minimum absolute atomic E-state index is 0.614. The molecule has 1 unspecified atom stereocenters. The van der Waals surface area contributed by atoms with Crippen LogP contribution in [-0.2, 0) is 0 Å². The van der Waals surface area contributed by atoms with Crippen molar-refractivity contribution in [1.29, 1.82) is 0 Å². The number of aldehydes is 1. The summed E-state index contributed by atoms with van der Waals surface area (Å²) in [6, 6.07) is 6.37. The zero-order chi connectivity index (χ0) is 11.5. The van der Waals surface area contributed by atoms with Gasteiger partial charge in [0.15, 0.2) is 0 Å². The number of hydrogen-bond acceptors (Lipinski definition) is 3. The number of hydrogen-bond donors (Lipinski definition) is 0. The fourth-order valence-electron chi connectivity index (χ4n) is 1.91. The third kappa shape index (κ3) is 2.43. The van der Waals surface area contributed by atoms with E-state index in [0.29, 0.717) is 11.6 Å². The molecule has 0 radical (unpaired) electrons. The Hall–Kier alpha value is -0.480. The van der Waals surface area contributed by atoms with E-state index in [0.717, 1.165) is 16.4 Å². The van der Waals surface area contributed by atoms with Crippen molar-refractivity contribution in [2.24, 2.45) is 0 Å². The van der Waals surface area contributed by atoms with Gasteiger partial charge in [-0.25, -0.2) is 0 Å². The van der Waals surface area contributed by atoms with Gasteiger partial charge >= 0.3 is 0 Å². The average Bonchev–Trinajstić information content (AvgIpc) is 2.81. The Morgan fingerprint density at radius 1 is 1.56 bits per heavy atom. The summed E-state index contributed by atoms with van der Waals surface area (Å²) >= 11 is 5.53. The zero-order valence-corrected chi connectivity index (χ0v) is 11.6. The quantitative estimate of drug-likeness (QED) is 0.800. The lowest BCUT2D eigenvalue weighted by atomic mass is 10.1. The lowest BCUT2D eigenvalue weighted by Gasteiger charge is -2.27. The van der Waals surface area contributed by atoms with Gasteiger partial charge in [-0.2, -0.15) is 11.8 Å². The van der Waals surface area contributed by atoms with Crippen LogP contribution in [0.5, 0.6) is 0 Å². The van der Waals surface area contributed by atoms with Crippen molar-refractivity contribution in [2.45, 2.75) is 12.5 Å². The van der Waals surface area contributed by atoms with Crippen LogP contribution in [0.2, 0.25) is 0 Å². The molecule has 1 atom stereocenters. The van der Waals surface area contributed by atoms with E-state index in [-0.39, 0.29) is 0 Å². The maximum Gasteiger partial charge on any atom is 0.150 e. The van der Waals surface area contributed by atoms with Crippen molar-refractivity contribution in [3.05, 3.63) is 28.2 Å². The number of thioether (sulfide) groups is 1. The third-order valence-corrected chi connectivity index (χ3v) is 4.72. The summed E-state index contributed by atoms with van der Waals surface area (Å²) < 4.78 is 0.997. The SMILES string of the molecule is CN(c1ccc(C=O)cc1Br)C1CCSC1. The van der Waals surface area contributed by atoms with Crippen LogP contribution < -0.4 is 4.90 Å². The number of carbonyl (C=O) groups excluding carboxylic acids is 1. The summed E-state index contributed by atoms with van der Waals surface area (Å²) in [5.74, 6) is 2.44. The first kappa shape index (κ1) is 12.0. The molecule has 1 aromatic carbocycles. The Kier molecular flexibility index (Phi) is 3.92. The van der Waals surface area contributed by atoms with Crippen LogP contribution >= 0.6 is 27.7 Å². The minimum atomic E-state index is 0.614. The van der Waals surface area contributed by atoms with Gasteiger partial charge < -0.3 is 4.90 Å². The van der Waals surface area contributed by atoms with E-state index >= 15 is 0 Å². The number of rotatable bonds is 3. The first-order valence-corrected chi connectivity index (χ1v) is 7.22. The largest absolute Gasteiger partial charge is 0.370 e. The highest BCUT2D eigenvalue weighted by atomic mass is 79.9. The first-order valence-electron chi connectivity index (χ1n) is 5.27. The Morgan fingerprint density at radius 2 is 2.38 bits per heavy atom. The molecule has 0 aromatic heterocycles. The van der Waals surface area contributed by atoms with Gasteiger partial charge in [0.2, 0.25) is 0 Å². The van der Waals surface area contributed by atoms with Crippen LogP contribution in [0.3, 0.4) is 0 Å². The molecule has 1 heterocycles. The molecule has 1 fully saturated rings. The predicted octanol–water partition coefficient (Wildman–Crippen LogP) is 3.20. The van der Waals surface area contributed by atoms with Crippen molar-refractivity contribution in [2.75, 3.05) is 23.5 Å². The van der Waals surface area contributed by atoms with E-state index in [1.54, 1.807) is 0 Å². The number of nitrogens with zero attached hydrogens (tertiary/aromatic N) is 1. The molecule has 0 amide bonds. The van der Waals surface area contributed by atoms with Crippen molar-refractivity contribution < 1.29 is 4.79 Å². The molecule has 0 spiro atoms. The van der Waals surface area contributed by atoms with Gasteiger partial charge in [0.05, 0.1) is 5.69 Å². The molecular formula is C12H14BrNOS. The van der Waals surface area contributed by atoms with Crippen LogP contribution in [0, 0.1) is 0 Å². The molecule has 4 heteroatoms. The van der Waals surface area contributed by atoms with Crippen molar-refractivity contribution in [3.63, 3.8) is 0 Å². The van der Waals surface area contributed by atoms with Gasteiger partial charge in [-0.3, -0.25) is 4.79 Å². The Morgan fingerprint density at radius 3 is 2.94 bits per heavy atom. The van der Waals surface area contributed by atoms with Crippen LogP contribution in [-0.4, -0.2) is 30.9 Å². The molecule has 0 saturated carbocycles. The number of benzene rings is 1. The van der Waals surface area contributed by atoms with Crippen molar-refractivity contribution >= 4 is 39.7 Å². The molecule has 1 aromatic rings. The minimum Gasteiger partial charge on any atom is -0.370 e. The molecular weight excluding hydrogens is 286 g/mol. The fourth-order valence-corrected chi connectivity index (χ4v) is 3.85. The van der Waals surface area contributed by atoms with E-state index in [9.17, 15) is 4.79 Å². The van der Waals surface area contributed by atoms with E-state index in [1.165, 1.54) is 17.9 Å². The summed E-state index contributed by atoms with van der Waals surface area (Å²) in [6.45, 7) is 0. The second kappa shape index (κ2) is 5.23. The lowest BCUT2D eigenvalue weighted by molar-refractivity contribution is 0.112. The second-order valence-corrected chi connectivity index (χ2v) is 5.96. The second-order valence-electron chi connectivity index (χ2n) is 3.96. The predicted molar refractivity (Wildman–Crippen MR) is 73.7 cm³/mol. The normalized spacial score (nSPS) is 19.8. The Labute approximate surface area is 109 Å². The Bertz CT molecular complexity index is 391. The molecule has 1 aliphatic rings. The summed E-state index contributed by atoms with van der Waals surface area (Å²) in [5, 5.41) is 0. The number of anilines is 1. The number of carbonyl (C=O) groups is 1. The summed E-state index contributed by atoms with van der Waals surface area (Å²) in [5.41, 5.74) is 1.88. The van der Waals surface area contributed by atoms with Gasteiger partial charge in [0.1, 0.15) is 6.29 Å². The lowest BCUT2D eigenvalue weighted by Crippen LogP contribution is -2.31. The fraction of sp³-hybridized carbons (Fsp3) is 0.417. The van der Waals surface area contributed by atoms with Crippen LogP contribution in [0.1, 0.15) is 16.8 Å². The first-order chi connectivity index (χ1) is 7.72. The molecule has 0 bridgehead atoms. The zero-order valence-electron chi connectivity index (χ0n) is 9.15. The molecule has 0 aliphatic carbocycles. The number of halogens is 1. The van der Waals surface area contributed by atoms with Crippen LogP contribution in [0.4, 0.5) is 5.69 Å². The van der Waals surface area contributed by atoms with Gasteiger partial charge in [0.25, 0.3) is 0 Å². The maximum absolute atomic E-state index is 10.7.